The highest BCUT2D eigenvalue weighted by Crippen LogP contribution is 2.43. The zero-order valence-electron chi connectivity index (χ0n) is 14.8. The molecule has 3 rings (SSSR count). The summed E-state index contributed by atoms with van der Waals surface area (Å²) in [7, 11) is 2.43. The quantitative estimate of drug-likeness (QED) is 0.796. The van der Waals surface area contributed by atoms with Gasteiger partial charge in [-0.15, -0.1) is 0 Å². The van der Waals surface area contributed by atoms with E-state index in [1.165, 1.54) is 24.0 Å². The van der Waals surface area contributed by atoms with E-state index < -0.39 is 30.5 Å². The van der Waals surface area contributed by atoms with E-state index in [9.17, 15) is 13.6 Å². The van der Waals surface area contributed by atoms with E-state index >= 15 is 0 Å². The molecule has 0 aliphatic carbocycles. The highest BCUT2D eigenvalue weighted by atomic mass is 19.3. The standard InChI is InChI=1S/C17H23F2N3O4/c1-24-17(25-2)7-8-21(11-16(17,18)19)13-5-3-4-6-14(13)22-10-12(9-20)26-15(22)23/h3-6,12H,7-11,20H2,1-2H3. The topological polar surface area (TPSA) is 77.3 Å². The fourth-order valence-electron chi connectivity index (χ4n) is 3.50. The molecule has 0 aromatic heterocycles. The van der Waals surface area contributed by atoms with Crippen LogP contribution in [0.5, 0.6) is 0 Å². The number of cyclic esters (lactones) is 1. The molecule has 9 heteroatoms. The van der Waals surface area contributed by atoms with Gasteiger partial charge in [0.1, 0.15) is 6.10 Å². The number of hydrogen-bond donors (Lipinski definition) is 1. The van der Waals surface area contributed by atoms with Crippen molar-refractivity contribution in [3.8, 4) is 0 Å². The van der Waals surface area contributed by atoms with Crippen LogP contribution in [0.25, 0.3) is 0 Å². The number of rotatable bonds is 5. The third kappa shape index (κ3) is 3.00. The van der Waals surface area contributed by atoms with Gasteiger partial charge >= 0.3 is 12.0 Å². The molecule has 2 heterocycles. The normalized spacial score (nSPS) is 24.7. The van der Waals surface area contributed by atoms with Gasteiger partial charge in [0, 0.05) is 33.7 Å². The van der Waals surface area contributed by atoms with Gasteiger partial charge in [-0.3, -0.25) is 4.90 Å². The average molecular weight is 371 g/mol. The van der Waals surface area contributed by atoms with Gasteiger partial charge in [0.05, 0.1) is 24.5 Å². The number of carbonyl (C=O) groups is 1. The number of alkyl halides is 2. The number of ether oxygens (including phenoxy) is 3. The molecule has 0 radical (unpaired) electrons. The number of hydrogen-bond acceptors (Lipinski definition) is 6. The minimum absolute atomic E-state index is 0.0167. The predicted octanol–water partition coefficient (Wildman–Crippen LogP) is 1.80. The number of halogens is 2. The van der Waals surface area contributed by atoms with Crippen LogP contribution in [0, 0.1) is 0 Å². The summed E-state index contributed by atoms with van der Waals surface area (Å²) in [6.45, 7) is 0.194. The molecule has 1 aromatic rings. The van der Waals surface area contributed by atoms with Crippen molar-refractivity contribution in [2.75, 3.05) is 50.2 Å². The van der Waals surface area contributed by atoms with Crippen molar-refractivity contribution in [3.05, 3.63) is 24.3 Å². The first kappa shape index (κ1) is 18.8. The van der Waals surface area contributed by atoms with Gasteiger partial charge in [0.15, 0.2) is 0 Å². The molecule has 2 N–H and O–H groups in total. The third-order valence-electron chi connectivity index (χ3n) is 4.97. The summed E-state index contributed by atoms with van der Waals surface area (Å²) in [5.74, 6) is -5.18. The van der Waals surface area contributed by atoms with E-state index in [1.807, 2.05) is 0 Å². The molecule has 2 aliphatic rings. The number of nitrogens with zero attached hydrogens (tertiary/aromatic N) is 2. The minimum atomic E-state index is -3.23. The maximum Gasteiger partial charge on any atom is 0.414 e. The smallest absolute Gasteiger partial charge is 0.414 e. The molecule has 1 amide bonds. The van der Waals surface area contributed by atoms with Crippen molar-refractivity contribution in [1.29, 1.82) is 0 Å². The maximum absolute atomic E-state index is 14.7. The molecule has 1 atom stereocenters. The van der Waals surface area contributed by atoms with Crippen molar-refractivity contribution in [3.63, 3.8) is 0 Å². The van der Waals surface area contributed by atoms with Gasteiger partial charge in [-0.05, 0) is 12.1 Å². The van der Waals surface area contributed by atoms with Gasteiger partial charge in [-0.1, -0.05) is 12.1 Å². The first-order valence-corrected chi connectivity index (χ1v) is 8.38. The Morgan fingerprint density at radius 1 is 1.27 bits per heavy atom. The summed E-state index contributed by atoms with van der Waals surface area (Å²) in [6, 6.07) is 6.91. The summed E-state index contributed by atoms with van der Waals surface area (Å²) >= 11 is 0. The molecule has 26 heavy (non-hydrogen) atoms. The summed E-state index contributed by atoms with van der Waals surface area (Å²) in [4.78, 5) is 15.1. The Morgan fingerprint density at radius 2 is 1.92 bits per heavy atom. The van der Waals surface area contributed by atoms with Crippen LogP contribution >= 0.6 is 0 Å². The molecule has 2 fully saturated rings. The van der Waals surface area contributed by atoms with Crippen LogP contribution in [0.3, 0.4) is 0 Å². The van der Waals surface area contributed by atoms with E-state index in [2.05, 4.69) is 0 Å². The van der Waals surface area contributed by atoms with E-state index in [4.69, 9.17) is 19.9 Å². The van der Waals surface area contributed by atoms with Crippen LogP contribution < -0.4 is 15.5 Å². The molecule has 144 valence electrons. The van der Waals surface area contributed by atoms with Crippen molar-refractivity contribution >= 4 is 17.5 Å². The molecule has 0 bridgehead atoms. The first-order valence-electron chi connectivity index (χ1n) is 8.38. The Labute approximate surface area is 150 Å². The van der Waals surface area contributed by atoms with E-state index in [-0.39, 0.29) is 26.1 Å². The lowest BCUT2D eigenvalue weighted by Gasteiger charge is -2.46. The van der Waals surface area contributed by atoms with Gasteiger partial charge in [0.2, 0.25) is 5.79 Å². The number of benzene rings is 1. The lowest BCUT2D eigenvalue weighted by Crippen LogP contribution is -2.62. The number of methoxy groups -OCH3 is 2. The molecule has 1 aromatic carbocycles. The van der Waals surface area contributed by atoms with Crippen molar-refractivity contribution < 1.29 is 27.8 Å². The van der Waals surface area contributed by atoms with Crippen LogP contribution in [0.4, 0.5) is 25.0 Å². The number of amides is 1. The van der Waals surface area contributed by atoms with E-state index in [1.54, 1.807) is 24.3 Å². The van der Waals surface area contributed by atoms with Crippen LogP contribution in [0.2, 0.25) is 0 Å². The molecular formula is C17H23F2N3O4. The largest absolute Gasteiger partial charge is 0.443 e. The second-order valence-corrected chi connectivity index (χ2v) is 6.38. The lowest BCUT2D eigenvalue weighted by molar-refractivity contribution is -0.324. The molecule has 0 saturated carbocycles. The fourth-order valence-corrected chi connectivity index (χ4v) is 3.50. The fraction of sp³-hybridized carbons (Fsp3) is 0.588. The zero-order chi connectivity index (χ0) is 18.9. The Bertz CT molecular complexity index is 669. The minimum Gasteiger partial charge on any atom is -0.443 e. The van der Waals surface area contributed by atoms with E-state index in [0.717, 1.165) is 0 Å². The lowest BCUT2D eigenvalue weighted by atomic mass is 9.98. The molecule has 2 aliphatic heterocycles. The number of piperidine rings is 1. The second kappa shape index (κ2) is 6.98. The zero-order valence-corrected chi connectivity index (χ0v) is 14.8. The Morgan fingerprint density at radius 3 is 2.46 bits per heavy atom. The van der Waals surface area contributed by atoms with Crippen LogP contribution in [0.15, 0.2) is 24.3 Å². The Balaban J connectivity index is 1.89. The molecule has 1 unspecified atom stereocenters. The van der Waals surface area contributed by atoms with Crippen LogP contribution in [-0.2, 0) is 14.2 Å². The number of anilines is 2. The van der Waals surface area contributed by atoms with Crippen molar-refractivity contribution in [2.24, 2.45) is 5.73 Å². The van der Waals surface area contributed by atoms with Gasteiger partial charge in [-0.2, -0.15) is 8.78 Å². The van der Waals surface area contributed by atoms with Gasteiger partial charge in [0.25, 0.3) is 0 Å². The van der Waals surface area contributed by atoms with Gasteiger partial charge in [-0.25, -0.2) is 4.79 Å². The number of para-hydroxylation sites is 2. The van der Waals surface area contributed by atoms with Crippen LogP contribution in [0.1, 0.15) is 6.42 Å². The predicted molar refractivity (Wildman–Crippen MR) is 91.6 cm³/mol. The first-order chi connectivity index (χ1) is 12.4. The van der Waals surface area contributed by atoms with Crippen molar-refractivity contribution in [1.82, 2.24) is 0 Å². The summed E-state index contributed by atoms with van der Waals surface area (Å²) < 4.78 is 44.7. The van der Waals surface area contributed by atoms with Gasteiger partial charge < -0.3 is 24.8 Å². The molecule has 2 saturated heterocycles. The van der Waals surface area contributed by atoms with Crippen LogP contribution in [-0.4, -0.2) is 64.3 Å². The highest BCUT2D eigenvalue weighted by molar-refractivity contribution is 5.94. The average Bonchev–Trinajstić information content (AvgIpc) is 3.02. The summed E-state index contributed by atoms with van der Waals surface area (Å²) in [5, 5.41) is 0. The Kier molecular flexibility index (Phi) is 5.05. The van der Waals surface area contributed by atoms with E-state index in [0.29, 0.717) is 11.4 Å². The Hall–Kier alpha value is -1.97. The summed E-state index contributed by atoms with van der Waals surface area (Å²) in [6.07, 6.45) is -0.954. The molecule has 7 nitrogen and oxygen atoms in total. The number of carbonyl (C=O) groups excluding carboxylic acids is 1. The monoisotopic (exact) mass is 371 g/mol. The molecule has 0 spiro atoms. The second-order valence-electron chi connectivity index (χ2n) is 6.38. The van der Waals surface area contributed by atoms with Crippen molar-refractivity contribution in [2.45, 2.75) is 24.2 Å². The maximum atomic E-state index is 14.7. The SMILES string of the molecule is COC1(OC)CCN(c2ccccc2N2CC(CN)OC2=O)CC1(F)F. The molecular weight excluding hydrogens is 348 g/mol. The third-order valence-corrected chi connectivity index (χ3v) is 4.97. The summed E-state index contributed by atoms with van der Waals surface area (Å²) in [5.41, 5.74) is 6.62. The highest BCUT2D eigenvalue weighted by Gasteiger charge is 2.59. The number of nitrogens with two attached hydrogens (primary N) is 1.